The minimum absolute atomic E-state index is 0.0439. The third-order valence-corrected chi connectivity index (χ3v) is 3.71. The predicted molar refractivity (Wildman–Crippen MR) is 75.8 cm³/mol. The summed E-state index contributed by atoms with van der Waals surface area (Å²) in [5.74, 6) is 0.506. The fourth-order valence-electron chi connectivity index (χ4n) is 1.81. The highest BCUT2D eigenvalue weighted by Crippen LogP contribution is 2.20. The van der Waals surface area contributed by atoms with Crippen LogP contribution in [0.25, 0.3) is 0 Å². The van der Waals surface area contributed by atoms with Crippen molar-refractivity contribution in [3.63, 3.8) is 0 Å². The van der Waals surface area contributed by atoms with Crippen molar-refractivity contribution in [3.8, 4) is 5.88 Å². The smallest absolute Gasteiger partial charge is 0.252 e. The van der Waals surface area contributed by atoms with Crippen LogP contribution >= 0.6 is 11.3 Å². The summed E-state index contributed by atoms with van der Waals surface area (Å²) in [4.78, 5) is 18.3. The Morgan fingerprint density at radius 1 is 1.42 bits per heavy atom. The zero-order valence-corrected chi connectivity index (χ0v) is 12.0. The monoisotopic (exact) mass is 276 g/mol. The first kappa shape index (κ1) is 13.5. The molecule has 100 valence electrons. The van der Waals surface area contributed by atoms with Gasteiger partial charge < -0.3 is 10.1 Å². The molecule has 0 aromatic carbocycles. The number of thiophene rings is 1. The molecule has 0 aliphatic carbocycles. The quantitative estimate of drug-likeness (QED) is 0.934. The molecule has 2 aromatic rings. The summed E-state index contributed by atoms with van der Waals surface area (Å²) in [6, 6.07) is 5.59. The number of methoxy groups -OCH3 is 1. The Morgan fingerprint density at radius 2 is 2.21 bits per heavy atom. The number of ether oxygens (including phenoxy) is 1. The molecule has 2 heterocycles. The standard InChI is InChI=1S/C14H16N2O2S/c1-9-6-12(10(2)19-9)14(17)16-8-11-4-5-15-13(7-11)18-3/h4-7H,8H2,1-3H3,(H,16,17). The molecular weight excluding hydrogens is 260 g/mol. The number of hydrogen-bond acceptors (Lipinski definition) is 4. The third kappa shape index (κ3) is 3.32. The van der Waals surface area contributed by atoms with E-state index >= 15 is 0 Å². The fraction of sp³-hybridized carbons (Fsp3) is 0.286. The average Bonchev–Trinajstić information content (AvgIpc) is 2.75. The lowest BCUT2D eigenvalue weighted by atomic mass is 10.2. The summed E-state index contributed by atoms with van der Waals surface area (Å²) in [6.07, 6.45) is 1.67. The van der Waals surface area contributed by atoms with Gasteiger partial charge in [-0.2, -0.15) is 0 Å². The Balaban J connectivity index is 2.02. The largest absolute Gasteiger partial charge is 0.481 e. The lowest BCUT2D eigenvalue weighted by Crippen LogP contribution is -2.22. The van der Waals surface area contributed by atoms with E-state index in [0.717, 1.165) is 20.9 Å². The van der Waals surface area contributed by atoms with Crippen molar-refractivity contribution in [3.05, 3.63) is 45.3 Å². The van der Waals surface area contributed by atoms with E-state index in [9.17, 15) is 4.79 Å². The first-order valence-electron chi connectivity index (χ1n) is 5.94. The third-order valence-electron chi connectivity index (χ3n) is 2.75. The highest BCUT2D eigenvalue weighted by atomic mass is 32.1. The first-order chi connectivity index (χ1) is 9.10. The minimum Gasteiger partial charge on any atom is -0.481 e. The zero-order chi connectivity index (χ0) is 13.8. The van der Waals surface area contributed by atoms with Gasteiger partial charge in [0.2, 0.25) is 5.88 Å². The lowest BCUT2D eigenvalue weighted by molar-refractivity contribution is 0.0950. The Labute approximate surface area is 116 Å². The second kappa shape index (κ2) is 5.84. The van der Waals surface area contributed by atoms with Gasteiger partial charge in [0.15, 0.2) is 0 Å². The van der Waals surface area contributed by atoms with Crippen LogP contribution in [0.1, 0.15) is 25.7 Å². The fourth-order valence-corrected chi connectivity index (χ4v) is 2.73. The Hall–Kier alpha value is -1.88. The van der Waals surface area contributed by atoms with Gasteiger partial charge in [-0.3, -0.25) is 4.79 Å². The van der Waals surface area contributed by atoms with Gasteiger partial charge in [0.25, 0.3) is 5.91 Å². The van der Waals surface area contributed by atoms with Crippen LogP contribution < -0.4 is 10.1 Å². The number of nitrogens with zero attached hydrogens (tertiary/aromatic N) is 1. The van der Waals surface area contributed by atoms with Gasteiger partial charge >= 0.3 is 0 Å². The van der Waals surface area contributed by atoms with Crippen LogP contribution in [0.15, 0.2) is 24.4 Å². The van der Waals surface area contributed by atoms with Crippen LogP contribution in [0.3, 0.4) is 0 Å². The summed E-state index contributed by atoms with van der Waals surface area (Å²) in [5.41, 5.74) is 1.72. The van der Waals surface area contributed by atoms with Crippen molar-refractivity contribution in [2.75, 3.05) is 7.11 Å². The normalized spacial score (nSPS) is 10.3. The Morgan fingerprint density at radius 3 is 2.84 bits per heavy atom. The van der Waals surface area contributed by atoms with Crippen molar-refractivity contribution in [1.29, 1.82) is 0 Å². The number of aryl methyl sites for hydroxylation is 2. The molecule has 4 nitrogen and oxygen atoms in total. The van der Waals surface area contributed by atoms with Crippen molar-refractivity contribution in [1.82, 2.24) is 10.3 Å². The van der Waals surface area contributed by atoms with Crippen molar-refractivity contribution in [2.24, 2.45) is 0 Å². The van der Waals surface area contributed by atoms with E-state index in [-0.39, 0.29) is 5.91 Å². The van der Waals surface area contributed by atoms with Crippen molar-refractivity contribution in [2.45, 2.75) is 20.4 Å². The molecule has 0 atom stereocenters. The molecule has 0 bridgehead atoms. The molecule has 0 aliphatic rings. The first-order valence-corrected chi connectivity index (χ1v) is 6.76. The maximum atomic E-state index is 12.1. The van der Waals surface area contributed by atoms with E-state index in [0.29, 0.717) is 12.4 Å². The van der Waals surface area contributed by atoms with Gasteiger partial charge in [0, 0.05) is 28.6 Å². The maximum Gasteiger partial charge on any atom is 0.252 e. The molecule has 0 spiro atoms. The van der Waals surface area contributed by atoms with E-state index in [1.165, 1.54) is 0 Å². The van der Waals surface area contributed by atoms with Gasteiger partial charge in [-0.25, -0.2) is 4.98 Å². The Kier molecular flexibility index (Phi) is 4.16. The summed E-state index contributed by atoms with van der Waals surface area (Å²) in [5, 5.41) is 2.91. The number of pyridine rings is 1. The van der Waals surface area contributed by atoms with Gasteiger partial charge in [0.1, 0.15) is 0 Å². The second-order valence-electron chi connectivity index (χ2n) is 4.22. The lowest BCUT2D eigenvalue weighted by Gasteiger charge is -2.06. The van der Waals surface area contributed by atoms with E-state index in [4.69, 9.17) is 4.74 Å². The number of aromatic nitrogens is 1. The van der Waals surface area contributed by atoms with Crippen LogP contribution in [-0.4, -0.2) is 18.0 Å². The van der Waals surface area contributed by atoms with Crippen LogP contribution in [0.2, 0.25) is 0 Å². The van der Waals surface area contributed by atoms with E-state index in [1.807, 2.05) is 32.0 Å². The molecule has 19 heavy (non-hydrogen) atoms. The Bertz CT molecular complexity index is 593. The molecule has 2 rings (SSSR count). The van der Waals surface area contributed by atoms with E-state index < -0.39 is 0 Å². The number of rotatable bonds is 4. The molecule has 2 aromatic heterocycles. The summed E-state index contributed by atoms with van der Waals surface area (Å²) in [7, 11) is 1.57. The molecule has 0 unspecified atom stereocenters. The highest BCUT2D eigenvalue weighted by Gasteiger charge is 2.11. The molecule has 1 N–H and O–H groups in total. The van der Waals surface area contributed by atoms with Gasteiger partial charge in [-0.15, -0.1) is 11.3 Å². The number of amides is 1. The topological polar surface area (TPSA) is 51.2 Å². The van der Waals surface area contributed by atoms with Gasteiger partial charge in [0.05, 0.1) is 12.7 Å². The summed E-state index contributed by atoms with van der Waals surface area (Å²) < 4.78 is 5.05. The SMILES string of the molecule is COc1cc(CNC(=O)c2cc(C)sc2C)ccn1. The van der Waals surface area contributed by atoms with E-state index in [2.05, 4.69) is 10.3 Å². The molecule has 0 radical (unpaired) electrons. The second-order valence-corrected chi connectivity index (χ2v) is 5.68. The number of nitrogens with one attached hydrogen (secondary N) is 1. The van der Waals surface area contributed by atoms with Crippen LogP contribution in [0.5, 0.6) is 5.88 Å². The van der Waals surface area contributed by atoms with Gasteiger partial charge in [-0.1, -0.05) is 0 Å². The molecule has 0 fully saturated rings. The average molecular weight is 276 g/mol. The van der Waals surface area contributed by atoms with Crippen LogP contribution in [-0.2, 0) is 6.54 Å². The van der Waals surface area contributed by atoms with Crippen LogP contribution in [0.4, 0.5) is 0 Å². The molecule has 5 heteroatoms. The molecule has 1 amide bonds. The molecular formula is C14H16N2O2S. The van der Waals surface area contributed by atoms with Crippen molar-refractivity contribution < 1.29 is 9.53 Å². The number of carbonyl (C=O) groups excluding carboxylic acids is 1. The van der Waals surface area contributed by atoms with Crippen molar-refractivity contribution >= 4 is 17.2 Å². The summed E-state index contributed by atoms with van der Waals surface area (Å²) in [6.45, 7) is 4.43. The molecule has 0 saturated carbocycles. The molecule has 0 saturated heterocycles. The van der Waals surface area contributed by atoms with Gasteiger partial charge in [-0.05, 0) is 31.5 Å². The highest BCUT2D eigenvalue weighted by molar-refractivity contribution is 7.12. The molecule has 0 aliphatic heterocycles. The zero-order valence-electron chi connectivity index (χ0n) is 11.2. The minimum atomic E-state index is -0.0439. The number of carbonyl (C=O) groups is 1. The predicted octanol–water partition coefficient (Wildman–Crippen LogP) is 2.70. The van der Waals surface area contributed by atoms with E-state index in [1.54, 1.807) is 24.6 Å². The maximum absolute atomic E-state index is 12.1. The number of hydrogen-bond donors (Lipinski definition) is 1. The summed E-state index contributed by atoms with van der Waals surface area (Å²) >= 11 is 1.63. The van der Waals surface area contributed by atoms with Crippen LogP contribution in [0, 0.1) is 13.8 Å².